The van der Waals surface area contributed by atoms with Gasteiger partial charge >= 0.3 is 29.8 Å². The average Bonchev–Trinajstić information content (AvgIpc) is 3.53. The quantitative estimate of drug-likeness (QED) is 0.0771. The van der Waals surface area contributed by atoms with Crippen molar-refractivity contribution in [3.8, 4) is 0 Å². The highest BCUT2D eigenvalue weighted by atomic mass is 16.6. The third-order valence-corrected chi connectivity index (χ3v) is 6.06. The number of amides is 3. The topological polar surface area (TPSA) is 254 Å². The molecule has 0 spiro atoms. The maximum Gasteiger partial charge on any atom is 0.303 e. The number of tetrazole rings is 1. The second-order valence-electron chi connectivity index (χ2n) is 9.96. The van der Waals surface area contributed by atoms with Crippen molar-refractivity contribution in [1.29, 1.82) is 0 Å². The smallest absolute Gasteiger partial charge is 0.303 e. The number of carbonyl (C=O) groups excluding carboxylic acids is 8. The lowest BCUT2D eigenvalue weighted by Gasteiger charge is -2.34. The molecule has 0 bridgehead atoms. The number of nitrogens with zero attached hydrogens (tertiary/aromatic N) is 6. The van der Waals surface area contributed by atoms with Gasteiger partial charge in [-0.25, -0.2) is 5.43 Å². The highest BCUT2D eigenvalue weighted by Gasteiger charge is 2.43. The summed E-state index contributed by atoms with van der Waals surface area (Å²) in [7, 11) is 0. The SMILES string of the molecule is CC(=O)OC[C@@H](OC(C)=O)[C@H](OC(C)=O)[C@H](OC(C)=O)[C@H](/C=N/NC(=O)Cn1nnc(CN2C(=O)c3ccccc3C2=O)n1)OC(C)=O. The predicted molar refractivity (Wildman–Crippen MR) is 154 cm³/mol. The normalized spacial score (nSPS) is 14.7. The van der Waals surface area contributed by atoms with E-state index in [1.54, 1.807) is 12.1 Å². The summed E-state index contributed by atoms with van der Waals surface area (Å²) in [6.07, 6.45) is -5.82. The number of benzene rings is 1. The van der Waals surface area contributed by atoms with Gasteiger partial charge in [-0.2, -0.15) is 9.90 Å². The van der Waals surface area contributed by atoms with E-state index < -0.39 is 85.1 Å². The summed E-state index contributed by atoms with van der Waals surface area (Å²) in [6, 6.07) is 6.28. The summed E-state index contributed by atoms with van der Waals surface area (Å²) < 4.78 is 25.8. The molecule has 2 heterocycles. The zero-order valence-corrected chi connectivity index (χ0v) is 26.3. The number of fused-ring (bicyclic) bond motifs is 1. The van der Waals surface area contributed by atoms with Crippen molar-refractivity contribution in [3.05, 3.63) is 41.2 Å². The standard InChI is InChI=1S/C28H31N7O13/c1-14(36)44-13-22(46-16(3)38)26(48-18(5)40)25(47-17(4)39)21(45-15(2)37)10-29-31-24(41)12-35-32-23(30-33-35)11-34-27(42)19-8-6-7-9-20(19)28(34)43/h6-10,21-22,25-26H,11-13H2,1-5H3,(H,31,41)/b29-10+/t21-,22+,25+,26-/m0/s1. The van der Waals surface area contributed by atoms with Crippen molar-refractivity contribution in [2.45, 2.75) is 72.1 Å². The fourth-order valence-corrected chi connectivity index (χ4v) is 4.32. The highest BCUT2D eigenvalue weighted by Crippen LogP contribution is 2.23. The lowest BCUT2D eigenvalue weighted by Crippen LogP contribution is -2.53. The van der Waals surface area contributed by atoms with Crippen molar-refractivity contribution in [3.63, 3.8) is 0 Å². The van der Waals surface area contributed by atoms with Gasteiger partial charge in [-0.15, -0.1) is 10.2 Å². The Balaban J connectivity index is 1.75. The molecule has 0 saturated carbocycles. The molecule has 1 N–H and O–H groups in total. The zero-order valence-electron chi connectivity index (χ0n) is 26.3. The van der Waals surface area contributed by atoms with Gasteiger partial charge in [-0.3, -0.25) is 43.3 Å². The third-order valence-electron chi connectivity index (χ3n) is 6.06. The molecule has 0 aliphatic carbocycles. The van der Waals surface area contributed by atoms with Crippen molar-refractivity contribution in [1.82, 2.24) is 30.5 Å². The Morgan fingerprint density at radius 2 is 1.38 bits per heavy atom. The molecule has 1 aliphatic rings. The largest absolute Gasteiger partial charge is 0.462 e. The van der Waals surface area contributed by atoms with Crippen LogP contribution in [0.1, 0.15) is 61.2 Å². The van der Waals surface area contributed by atoms with Gasteiger partial charge in [0.15, 0.2) is 30.2 Å². The number of aromatic nitrogens is 4. The summed E-state index contributed by atoms with van der Waals surface area (Å²) in [5.41, 5.74) is 2.60. The fourth-order valence-electron chi connectivity index (χ4n) is 4.32. The summed E-state index contributed by atoms with van der Waals surface area (Å²) in [6.45, 7) is 3.57. The average molecular weight is 674 g/mol. The Hall–Kier alpha value is -6.08. The molecule has 20 heteroatoms. The molecule has 256 valence electrons. The number of esters is 5. The minimum atomic E-state index is -1.74. The van der Waals surface area contributed by atoms with Gasteiger partial charge < -0.3 is 23.7 Å². The molecule has 0 fully saturated rings. The van der Waals surface area contributed by atoms with Crippen LogP contribution in [-0.4, -0.2) is 110 Å². The van der Waals surface area contributed by atoms with Gasteiger partial charge in [-0.1, -0.05) is 12.1 Å². The Morgan fingerprint density at radius 1 is 0.812 bits per heavy atom. The van der Waals surface area contributed by atoms with Crippen LogP contribution in [0.3, 0.4) is 0 Å². The Morgan fingerprint density at radius 3 is 1.92 bits per heavy atom. The minimum absolute atomic E-state index is 0.0347. The first-order chi connectivity index (χ1) is 22.7. The second-order valence-corrected chi connectivity index (χ2v) is 9.96. The van der Waals surface area contributed by atoms with Crippen LogP contribution in [-0.2, 0) is 65.5 Å². The summed E-state index contributed by atoms with van der Waals surface area (Å²) in [5.74, 6) is -6.40. The maximum atomic E-state index is 12.6. The molecule has 4 atom stereocenters. The number of imide groups is 1. The lowest BCUT2D eigenvalue weighted by atomic mass is 10.0. The molecule has 3 rings (SSSR count). The van der Waals surface area contributed by atoms with Crippen molar-refractivity contribution < 1.29 is 62.0 Å². The minimum Gasteiger partial charge on any atom is -0.462 e. The molecule has 20 nitrogen and oxygen atoms in total. The highest BCUT2D eigenvalue weighted by molar-refractivity contribution is 6.21. The Kier molecular flexibility index (Phi) is 12.5. The van der Waals surface area contributed by atoms with Crippen LogP contribution in [0, 0.1) is 0 Å². The van der Waals surface area contributed by atoms with Gasteiger partial charge in [0.1, 0.15) is 13.2 Å². The predicted octanol–water partition coefficient (Wildman–Crippen LogP) is -1.14. The zero-order chi connectivity index (χ0) is 35.5. The van der Waals surface area contributed by atoms with Gasteiger partial charge in [0.25, 0.3) is 17.7 Å². The first-order valence-corrected chi connectivity index (χ1v) is 14.0. The van der Waals surface area contributed by atoms with Gasteiger partial charge in [0, 0.05) is 34.6 Å². The van der Waals surface area contributed by atoms with E-state index in [1.165, 1.54) is 12.1 Å². The van der Waals surface area contributed by atoms with E-state index in [0.717, 1.165) is 50.5 Å². The summed E-state index contributed by atoms with van der Waals surface area (Å²) >= 11 is 0. The summed E-state index contributed by atoms with van der Waals surface area (Å²) in [4.78, 5) is 98.9. The molecule has 0 unspecified atom stereocenters. The molecule has 48 heavy (non-hydrogen) atoms. The van der Waals surface area contributed by atoms with Crippen molar-refractivity contribution in [2.24, 2.45) is 5.10 Å². The molecule has 0 saturated heterocycles. The van der Waals surface area contributed by atoms with E-state index in [2.05, 4.69) is 25.9 Å². The molecule has 0 radical (unpaired) electrons. The van der Waals surface area contributed by atoms with Crippen LogP contribution in [0.4, 0.5) is 0 Å². The van der Waals surface area contributed by atoms with E-state index in [0.29, 0.717) is 0 Å². The number of hydrogen-bond acceptors (Lipinski definition) is 17. The van der Waals surface area contributed by atoms with E-state index >= 15 is 0 Å². The number of hydrogen-bond donors (Lipinski definition) is 1. The fraction of sp³-hybridized carbons (Fsp3) is 0.429. The molecule has 3 amide bonds. The van der Waals surface area contributed by atoms with Crippen molar-refractivity contribution >= 4 is 53.8 Å². The van der Waals surface area contributed by atoms with E-state index in [-0.39, 0.29) is 23.5 Å². The Labute approximate surface area is 271 Å². The molecule has 1 aromatic heterocycles. The van der Waals surface area contributed by atoms with E-state index in [9.17, 15) is 38.4 Å². The van der Waals surface area contributed by atoms with Gasteiger partial charge in [-0.05, 0) is 17.3 Å². The van der Waals surface area contributed by atoms with E-state index in [4.69, 9.17) is 23.7 Å². The third kappa shape index (κ3) is 10.2. The van der Waals surface area contributed by atoms with Crippen LogP contribution in [0.2, 0.25) is 0 Å². The molecular formula is C28H31N7O13. The van der Waals surface area contributed by atoms with Crippen molar-refractivity contribution in [2.75, 3.05) is 6.61 Å². The monoisotopic (exact) mass is 673 g/mol. The van der Waals surface area contributed by atoms with Crippen LogP contribution < -0.4 is 5.43 Å². The Bertz CT molecular complexity index is 1590. The molecule has 1 aliphatic heterocycles. The number of rotatable bonds is 15. The van der Waals surface area contributed by atoms with Crippen LogP contribution in [0.25, 0.3) is 0 Å². The lowest BCUT2D eigenvalue weighted by molar-refractivity contribution is -0.197. The van der Waals surface area contributed by atoms with Gasteiger partial charge in [0.05, 0.1) is 23.9 Å². The number of nitrogens with one attached hydrogen (secondary N) is 1. The summed E-state index contributed by atoms with van der Waals surface area (Å²) in [5, 5.41) is 15.2. The number of ether oxygens (including phenoxy) is 5. The second kappa shape index (κ2) is 16.5. The molecular weight excluding hydrogens is 642 g/mol. The van der Waals surface area contributed by atoms with E-state index in [1.807, 2.05) is 0 Å². The van der Waals surface area contributed by atoms with Crippen LogP contribution >= 0.6 is 0 Å². The first-order valence-electron chi connectivity index (χ1n) is 14.0. The number of hydrazone groups is 1. The van der Waals surface area contributed by atoms with Gasteiger partial charge in [0.2, 0.25) is 0 Å². The first kappa shape index (κ1) is 36.4. The number of carbonyl (C=O) groups is 8. The maximum absolute atomic E-state index is 12.6. The van der Waals surface area contributed by atoms with Crippen LogP contribution in [0.15, 0.2) is 29.4 Å². The molecule has 2 aromatic rings. The molecule has 1 aromatic carbocycles. The van der Waals surface area contributed by atoms with Crippen LogP contribution in [0.5, 0.6) is 0 Å².